The summed E-state index contributed by atoms with van der Waals surface area (Å²) in [5.74, 6) is 1.52. The predicted molar refractivity (Wildman–Crippen MR) is 73.8 cm³/mol. The maximum atomic E-state index is 12.0. The topological polar surface area (TPSA) is 86.8 Å². The third-order valence-electron chi connectivity index (χ3n) is 2.60. The maximum absolute atomic E-state index is 12.0. The molecule has 1 heterocycles. The number of amides is 1. The monoisotopic (exact) mass is 292 g/mol. The van der Waals surface area contributed by atoms with Gasteiger partial charge >= 0.3 is 5.97 Å². The van der Waals surface area contributed by atoms with Gasteiger partial charge < -0.3 is 19.5 Å². The number of nitrogens with one attached hydrogen (secondary N) is 1. The van der Waals surface area contributed by atoms with Crippen molar-refractivity contribution in [2.45, 2.75) is 6.92 Å². The fraction of sp³-hybridized carbons (Fsp3) is 0.357. The number of carbonyl (C=O) groups excluding carboxylic acids is 2. The molecule has 7 heteroatoms. The molecule has 1 aromatic rings. The van der Waals surface area contributed by atoms with Crippen LogP contribution >= 0.6 is 0 Å². The zero-order chi connectivity index (χ0) is 15.8. The van der Waals surface area contributed by atoms with E-state index in [-0.39, 0.29) is 24.8 Å². The van der Waals surface area contributed by atoms with E-state index in [2.05, 4.69) is 21.0 Å². The predicted octanol–water partition coefficient (Wildman–Crippen LogP) is 0.257. The highest BCUT2D eigenvalue weighted by Gasteiger charge is 2.19. The van der Waals surface area contributed by atoms with Gasteiger partial charge in [-0.1, -0.05) is 5.92 Å². The molecule has 0 bridgehead atoms. The van der Waals surface area contributed by atoms with E-state index in [0.29, 0.717) is 11.1 Å². The summed E-state index contributed by atoms with van der Waals surface area (Å²) in [7, 11) is 2.68. The number of hydrogen-bond donors (Lipinski definition) is 1. The van der Waals surface area contributed by atoms with E-state index in [0.717, 1.165) is 0 Å². The molecular weight excluding hydrogens is 276 g/mol. The minimum absolute atomic E-state index is 0.0208. The molecule has 1 amide bonds. The number of nitrogens with zero attached hydrogens (tertiary/aromatic N) is 1. The van der Waals surface area contributed by atoms with Crippen LogP contribution in [-0.2, 0) is 14.3 Å². The molecule has 1 rings (SSSR count). The average Bonchev–Trinajstić information content (AvgIpc) is 2.50. The third-order valence-corrected chi connectivity index (χ3v) is 2.60. The molecule has 112 valence electrons. The second kappa shape index (κ2) is 7.87. The number of methoxy groups -OCH3 is 2. The Labute approximate surface area is 122 Å². The van der Waals surface area contributed by atoms with E-state index in [9.17, 15) is 9.59 Å². The van der Waals surface area contributed by atoms with Crippen LogP contribution in [-0.4, -0.2) is 44.4 Å². The normalized spacial score (nSPS) is 9.62. The molecule has 0 atom stereocenters. The summed E-state index contributed by atoms with van der Waals surface area (Å²) in [6.45, 7) is 1.38. The van der Waals surface area contributed by atoms with E-state index < -0.39 is 11.9 Å². The lowest BCUT2D eigenvalue weighted by molar-refractivity contribution is -0.139. The van der Waals surface area contributed by atoms with Crippen molar-refractivity contribution in [2.75, 3.05) is 27.6 Å². The lowest BCUT2D eigenvalue weighted by atomic mass is 10.1. The average molecular weight is 292 g/mol. The third kappa shape index (κ3) is 4.19. The molecule has 21 heavy (non-hydrogen) atoms. The van der Waals surface area contributed by atoms with Crippen molar-refractivity contribution in [2.24, 2.45) is 0 Å². The Balaban J connectivity index is 3.04. The van der Waals surface area contributed by atoms with Crippen molar-refractivity contribution >= 4 is 11.9 Å². The first kappa shape index (κ1) is 16.5. The van der Waals surface area contributed by atoms with Crippen LogP contribution in [0.3, 0.4) is 0 Å². The fourth-order valence-electron chi connectivity index (χ4n) is 1.49. The highest BCUT2D eigenvalue weighted by atomic mass is 16.7. The van der Waals surface area contributed by atoms with Crippen LogP contribution in [0.4, 0.5) is 0 Å². The molecule has 0 aromatic carbocycles. The molecule has 0 aliphatic heterocycles. The van der Waals surface area contributed by atoms with Crippen molar-refractivity contribution in [1.29, 1.82) is 0 Å². The van der Waals surface area contributed by atoms with Crippen molar-refractivity contribution in [3.63, 3.8) is 0 Å². The Morgan fingerprint density at radius 1 is 1.43 bits per heavy atom. The minimum Gasteiger partial charge on any atom is -0.468 e. The lowest BCUT2D eigenvalue weighted by Gasteiger charge is -2.13. The second-order valence-corrected chi connectivity index (χ2v) is 3.93. The number of terminal acetylenes is 1. The zero-order valence-corrected chi connectivity index (χ0v) is 12.1. The minimum atomic E-state index is -0.571. The van der Waals surface area contributed by atoms with Crippen LogP contribution in [0.5, 0.6) is 5.75 Å². The van der Waals surface area contributed by atoms with Gasteiger partial charge in [-0.05, 0) is 6.92 Å². The van der Waals surface area contributed by atoms with Gasteiger partial charge in [-0.25, -0.2) is 4.98 Å². The van der Waals surface area contributed by atoms with Crippen LogP contribution in [0.2, 0.25) is 0 Å². The highest BCUT2D eigenvalue weighted by Crippen LogP contribution is 2.24. The molecule has 0 radical (unpaired) electrons. The standard InChI is InChI=1S/C14H16N2O5/c1-5-10-6-15-12(13(9(10)2)21-8-19-3)14(18)16-7-11(17)20-4/h1,6H,7-8H2,2-4H3,(H,16,18). The first-order valence-electron chi connectivity index (χ1n) is 5.98. The van der Waals surface area contributed by atoms with Crippen molar-refractivity contribution < 1.29 is 23.8 Å². The molecule has 0 saturated heterocycles. The number of carbonyl (C=O) groups is 2. The van der Waals surface area contributed by atoms with E-state index in [1.54, 1.807) is 6.92 Å². The smallest absolute Gasteiger partial charge is 0.325 e. The summed E-state index contributed by atoms with van der Waals surface area (Å²) in [6, 6.07) is 0. The summed E-state index contributed by atoms with van der Waals surface area (Å²) in [5, 5.41) is 2.38. The molecule has 0 aliphatic rings. The SMILES string of the molecule is C#Cc1cnc(C(=O)NCC(=O)OC)c(OCOC)c1C. The van der Waals surface area contributed by atoms with Crippen LogP contribution in [0.25, 0.3) is 0 Å². The highest BCUT2D eigenvalue weighted by molar-refractivity contribution is 5.97. The number of rotatable bonds is 6. The van der Waals surface area contributed by atoms with Crippen molar-refractivity contribution in [3.05, 3.63) is 23.0 Å². The number of aromatic nitrogens is 1. The summed E-state index contributed by atoms with van der Waals surface area (Å²) in [4.78, 5) is 27.1. The van der Waals surface area contributed by atoms with Gasteiger partial charge in [0.15, 0.2) is 18.2 Å². The largest absolute Gasteiger partial charge is 0.468 e. The van der Waals surface area contributed by atoms with Gasteiger partial charge in [0.2, 0.25) is 0 Å². The summed E-state index contributed by atoms with van der Waals surface area (Å²) in [5.41, 5.74) is 1.12. The van der Waals surface area contributed by atoms with Crippen LogP contribution in [0.1, 0.15) is 21.6 Å². The molecule has 0 saturated carbocycles. The first-order chi connectivity index (χ1) is 10.0. The molecule has 0 unspecified atom stereocenters. The molecule has 0 aliphatic carbocycles. The molecule has 0 spiro atoms. The van der Waals surface area contributed by atoms with E-state index >= 15 is 0 Å². The quantitative estimate of drug-likeness (QED) is 0.460. The number of esters is 1. The van der Waals surface area contributed by atoms with Crippen LogP contribution in [0, 0.1) is 19.3 Å². The zero-order valence-electron chi connectivity index (χ0n) is 12.1. The number of pyridine rings is 1. The Morgan fingerprint density at radius 3 is 2.71 bits per heavy atom. The van der Waals surface area contributed by atoms with Gasteiger partial charge in [-0.15, -0.1) is 6.42 Å². The van der Waals surface area contributed by atoms with Crippen LogP contribution in [0.15, 0.2) is 6.20 Å². The molecule has 1 N–H and O–H groups in total. The van der Waals surface area contributed by atoms with Crippen molar-refractivity contribution in [1.82, 2.24) is 10.3 Å². The molecule has 7 nitrogen and oxygen atoms in total. The van der Waals surface area contributed by atoms with E-state index in [1.807, 2.05) is 0 Å². The van der Waals surface area contributed by atoms with Gasteiger partial charge in [0.1, 0.15) is 6.54 Å². The summed E-state index contributed by atoms with van der Waals surface area (Å²) >= 11 is 0. The van der Waals surface area contributed by atoms with Gasteiger partial charge in [0.05, 0.1) is 7.11 Å². The fourth-order valence-corrected chi connectivity index (χ4v) is 1.49. The van der Waals surface area contributed by atoms with Gasteiger partial charge in [-0.2, -0.15) is 0 Å². The van der Waals surface area contributed by atoms with Gasteiger partial charge in [0, 0.05) is 24.4 Å². The Hall–Kier alpha value is -2.59. The lowest BCUT2D eigenvalue weighted by Crippen LogP contribution is -2.31. The van der Waals surface area contributed by atoms with E-state index in [4.69, 9.17) is 15.9 Å². The Morgan fingerprint density at radius 2 is 2.14 bits per heavy atom. The Kier molecular flexibility index (Phi) is 6.17. The maximum Gasteiger partial charge on any atom is 0.325 e. The van der Waals surface area contributed by atoms with Gasteiger partial charge in [0.25, 0.3) is 5.91 Å². The van der Waals surface area contributed by atoms with Crippen LogP contribution < -0.4 is 10.1 Å². The van der Waals surface area contributed by atoms with Gasteiger partial charge in [-0.3, -0.25) is 9.59 Å². The number of hydrogen-bond acceptors (Lipinski definition) is 6. The number of ether oxygens (including phenoxy) is 3. The van der Waals surface area contributed by atoms with Crippen molar-refractivity contribution in [3.8, 4) is 18.1 Å². The molecule has 0 fully saturated rings. The second-order valence-electron chi connectivity index (χ2n) is 3.93. The molecule has 1 aromatic heterocycles. The van der Waals surface area contributed by atoms with E-state index in [1.165, 1.54) is 20.4 Å². The Bertz CT molecular complexity index is 577. The summed E-state index contributed by atoms with van der Waals surface area (Å²) < 4.78 is 14.6. The molecular formula is C14H16N2O5. The first-order valence-corrected chi connectivity index (χ1v) is 5.98. The summed E-state index contributed by atoms with van der Waals surface area (Å²) in [6.07, 6.45) is 6.74.